The second-order valence-corrected chi connectivity index (χ2v) is 8.89. The lowest BCUT2D eigenvalue weighted by Crippen LogP contribution is -2.52. The fourth-order valence-corrected chi connectivity index (χ4v) is 6.43. The summed E-state index contributed by atoms with van der Waals surface area (Å²) >= 11 is 0. The van der Waals surface area contributed by atoms with Crippen LogP contribution < -0.4 is 0 Å². The normalized spacial score (nSPS) is 55.4. The van der Waals surface area contributed by atoms with Gasteiger partial charge in [-0.15, -0.1) is 0 Å². The van der Waals surface area contributed by atoms with Gasteiger partial charge < -0.3 is 5.11 Å². The molecule has 1 unspecified atom stereocenters. The van der Waals surface area contributed by atoms with Crippen molar-refractivity contribution in [1.29, 1.82) is 0 Å². The zero-order valence-corrected chi connectivity index (χ0v) is 13.9. The second-order valence-electron chi connectivity index (χ2n) is 8.89. The summed E-state index contributed by atoms with van der Waals surface area (Å²) in [5, 5.41) is 10.9. The maximum atomic E-state index is 10.9. The summed E-state index contributed by atoms with van der Waals surface area (Å²) in [4.78, 5) is 0. The average Bonchev–Trinajstić information content (AvgIpc) is 2.69. The molecule has 0 spiro atoms. The molecule has 0 bridgehead atoms. The molecule has 2 fully saturated rings. The Bertz CT molecular complexity index is 514. The van der Waals surface area contributed by atoms with Gasteiger partial charge in [0.2, 0.25) is 0 Å². The second kappa shape index (κ2) is 4.25. The first-order valence-corrected chi connectivity index (χ1v) is 9.00. The van der Waals surface area contributed by atoms with Gasteiger partial charge >= 0.3 is 0 Å². The van der Waals surface area contributed by atoms with Crippen LogP contribution in [0.5, 0.6) is 0 Å². The molecule has 4 rings (SSSR count). The summed E-state index contributed by atoms with van der Waals surface area (Å²) in [5.74, 6) is 2.18. The lowest BCUT2D eigenvalue weighted by molar-refractivity contribution is -0.102. The predicted molar refractivity (Wildman–Crippen MR) is 86.8 cm³/mol. The number of hydrogen-bond acceptors (Lipinski definition) is 1. The van der Waals surface area contributed by atoms with Crippen LogP contribution in [0, 0.1) is 28.6 Å². The summed E-state index contributed by atoms with van der Waals surface area (Å²) in [7, 11) is 0. The van der Waals surface area contributed by atoms with E-state index in [1.807, 2.05) is 0 Å². The molecular formula is C20H30O. The Hall–Kier alpha value is -0.560. The molecule has 0 aromatic rings. The number of aliphatic hydroxyl groups is 1. The monoisotopic (exact) mass is 286 g/mol. The quantitative estimate of drug-likeness (QED) is 0.674. The smallest absolute Gasteiger partial charge is 0.0676 e. The highest BCUT2D eigenvalue weighted by Crippen LogP contribution is 2.66. The van der Waals surface area contributed by atoms with Crippen molar-refractivity contribution in [3.05, 3.63) is 23.8 Å². The number of rotatable bonds is 0. The van der Waals surface area contributed by atoms with Gasteiger partial charge in [0.25, 0.3) is 0 Å². The van der Waals surface area contributed by atoms with Gasteiger partial charge in [-0.25, -0.2) is 0 Å². The minimum absolute atomic E-state index is 0.130. The first kappa shape index (κ1) is 14.1. The van der Waals surface area contributed by atoms with Crippen molar-refractivity contribution in [1.82, 2.24) is 0 Å². The van der Waals surface area contributed by atoms with E-state index in [2.05, 4.69) is 39.0 Å². The standard InChI is InChI=1S/C20H30O/c1-18-11-5-4-6-14(18)7-8-15-16(18)9-12-19(2)17(15)10-13-20(19,3)21/h6-8,15-17,21H,4-5,9-13H2,1-3H3/t15-,16+,17+,18+,19+,20?/m1/s1. The Balaban J connectivity index is 1.75. The molecule has 0 heterocycles. The van der Waals surface area contributed by atoms with E-state index < -0.39 is 5.60 Å². The lowest BCUT2D eigenvalue weighted by atomic mass is 9.48. The van der Waals surface area contributed by atoms with Gasteiger partial charge in [-0.3, -0.25) is 0 Å². The molecule has 21 heavy (non-hydrogen) atoms. The maximum absolute atomic E-state index is 10.9. The topological polar surface area (TPSA) is 20.2 Å². The molecule has 116 valence electrons. The van der Waals surface area contributed by atoms with Crippen molar-refractivity contribution >= 4 is 0 Å². The Labute approximate surface area is 129 Å². The highest BCUT2D eigenvalue weighted by Gasteiger charge is 2.61. The zero-order chi connectivity index (χ0) is 14.9. The molecule has 1 N–H and O–H groups in total. The highest BCUT2D eigenvalue weighted by molar-refractivity contribution is 5.35. The summed E-state index contributed by atoms with van der Waals surface area (Å²) in [5.41, 5.74) is 1.70. The third-order valence-electron chi connectivity index (χ3n) is 8.14. The lowest BCUT2D eigenvalue weighted by Gasteiger charge is -2.57. The molecule has 0 amide bonds. The molecule has 0 aliphatic heterocycles. The van der Waals surface area contributed by atoms with Crippen molar-refractivity contribution in [2.24, 2.45) is 28.6 Å². The van der Waals surface area contributed by atoms with Crippen LogP contribution in [-0.2, 0) is 0 Å². The van der Waals surface area contributed by atoms with Crippen molar-refractivity contribution in [2.75, 3.05) is 0 Å². The van der Waals surface area contributed by atoms with E-state index in [9.17, 15) is 5.11 Å². The van der Waals surface area contributed by atoms with E-state index in [0.29, 0.717) is 17.3 Å². The Kier molecular flexibility index (Phi) is 2.85. The zero-order valence-electron chi connectivity index (χ0n) is 13.9. The van der Waals surface area contributed by atoms with Crippen molar-refractivity contribution in [2.45, 2.75) is 71.3 Å². The van der Waals surface area contributed by atoms with Gasteiger partial charge in [0.05, 0.1) is 5.60 Å². The Morgan fingerprint density at radius 1 is 1.05 bits per heavy atom. The largest absolute Gasteiger partial charge is 0.390 e. The van der Waals surface area contributed by atoms with Crippen LogP contribution in [0.1, 0.15) is 65.7 Å². The van der Waals surface area contributed by atoms with E-state index in [0.717, 1.165) is 12.3 Å². The number of fused-ring (bicyclic) bond motifs is 5. The molecule has 4 aliphatic rings. The van der Waals surface area contributed by atoms with Crippen molar-refractivity contribution in [3.8, 4) is 0 Å². The van der Waals surface area contributed by atoms with Gasteiger partial charge in [-0.2, -0.15) is 0 Å². The fraction of sp³-hybridized carbons (Fsp3) is 0.800. The van der Waals surface area contributed by atoms with E-state index in [1.54, 1.807) is 5.57 Å². The molecule has 2 saturated carbocycles. The van der Waals surface area contributed by atoms with Crippen molar-refractivity contribution in [3.63, 3.8) is 0 Å². The minimum atomic E-state index is -0.458. The Morgan fingerprint density at radius 2 is 1.81 bits per heavy atom. The fourth-order valence-electron chi connectivity index (χ4n) is 6.43. The van der Waals surface area contributed by atoms with Crippen LogP contribution in [0.3, 0.4) is 0 Å². The molecule has 4 aliphatic carbocycles. The summed E-state index contributed by atoms with van der Waals surface area (Å²) in [6.45, 7) is 6.98. The minimum Gasteiger partial charge on any atom is -0.390 e. The third kappa shape index (κ3) is 1.67. The van der Waals surface area contributed by atoms with Crippen LogP contribution in [-0.4, -0.2) is 10.7 Å². The molecule has 1 heteroatoms. The van der Waals surface area contributed by atoms with Crippen LogP contribution in [0.4, 0.5) is 0 Å². The maximum Gasteiger partial charge on any atom is 0.0676 e. The van der Waals surface area contributed by atoms with Gasteiger partial charge in [0, 0.05) is 0 Å². The van der Waals surface area contributed by atoms with E-state index in [-0.39, 0.29) is 5.41 Å². The van der Waals surface area contributed by atoms with Crippen LogP contribution in [0.2, 0.25) is 0 Å². The summed E-state index contributed by atoms with van der Waals surface area (Å²) < 4.78 is 0. The molecular weight excluding hydrogens is 256 g/mol. The van der Waals surface area contributed by atoms with Gasteiger partial charge in [0.1, 0.15) is 0 Å². The number of allylic oxidation sites excluding steroid dienone is 4. The van der Waals surface area contributed by atoms with E-state index in [4.69, 9.17) is 0 Å². The van der Waals surface area contributed by atoms with Crippen LogP contribution in [0.25, 0.3) is 0 Å². The average molecular weight is 286 g/mol. The first-order chi connectivity index (χ1) is 9.88. The first-order valence-electron chi connectivity index (χ1n) is 9.00. The molecule has 6 atom stereocenters. The van der Waals surface area contributed by atoms with Crippen LogP contribution in [0.15, 0.2) is 23.8 Å². The molecule has 0 aromatic heterocycles. The summed E-state index contributed by atoms with van der Waals surface area (Å²) in [6.07, 6.45) is 16.2. The third-order valence-corrected chi connectivity index (χ3v) is 8.14. The van der Waals surface area contributed by atoms with Crippen molar-refractivity contribution < 1.29 is 5.11 Å². The predicted octanol–water partition coefficient (Wildman–Crippen LogP) is 4.87. The highest BCUT2D eigenvalue weighted by atomic mass is 16.3. The SMILES string of the molecule is CC1(O)CC[C@H]2[C@@H]3C=CC4=CCCC[C@]4(C)[C@H]3CC[C@@]21C. The molecule has 1 nitrogen and oxygen atoms in total. The van der Waals surface area contributed by atoms with E-state index in [1.165, 1.54) is 38.5 Å². The summed E-state index contributed by atoms with van der Waals surface area (Å²) in [6, 6.07) is 0. The van der Waals surface area contributed by atoms with Gasteiger partial charge in [0.15, 0.2) is 0 Å². The Morgan fingerprint density at radius 3 is 2.62 bits per heavy atom. The van der Waals surface area contributed by atoms with E-state index >= 15 is 0 Å². The van der Waals surface area contributed by atoms with Gasteiger partial charge in [-0.1, -0.05) is 32.1 Å². The molecule has 0 aromatic carbocycles. The number of hydrogen-bond donors (Lipinski definition) is 1. The van der Waals surface area contributed by atoms with Gasteiger partial charge in [-0.05, 0) is 86.0 Å². The van der Waals surface area contributed by atoms with Crippen LogP contribution >= 0.6 is 0 Å². The molecule has 0 radical (unpaired) electrons. The molecule has 0 saturated heterocycles.